The molecule has 1 aromatic carbocycles. The van der Waals surface area contributed by atoms with Crippen LogP contribution < -0.4 is 5.73 Å². The predicted molar refractivity (Wildman–Crippen MR) is 139 cm³/mol. The van der Waals surface area contributed by atoms with Crippen molar-refractivity contribution >= 4 is 11.7 Å². The number of ether oxygens (including phenoxy) is 1. The van der Waals surface area contributed by atoms with Crippen LogP contribution in [0.1, 0.15) is 72.0 Å². The number of hydrogen-bond donors (Lipinski definition) is 3. The van der Waals surface area contributed by atoms with Crippen molar-refractivity contribution in [1.29, 1.82) is 0 Å². The number of halogens is 3. The average molecular weight is 559 g/mol. The summed E-state index contributed by atoms with van der Waals surface area (Å²) in [5.74, 6) is -2.59. The van der Waals surface area contributed by atoms with E-state index in [4.69, 9.17) is 10.5 Å². The Labute approximate surface area is 230 Å². The molecule has 1 aliphatic heterocycles. The fourth-order valence-corrected chi connectivity index (χ4v) is 7.87. The Hall–Kier alpha value is -3.27. The highest BCUT2D eigenvalue weighted by atomic mass is 19.4. The highest BCUT2D eigenvalue weighted by Gasteiger charge is 2.69. The number of carbonyl (C=O) groups excluding carboxylic acids is 2. The number of Topliss-reactive ketones (excluding diaryl/α,β-unsaturated/α-hetero) is 1. The monoisotopic (exact) mass is 558 g/mol. The van der Waals surface area contributed by atoms with Gasteiger partial charge >= 0.3 is 6.18 Å². The van der Waals surface area contributed by atoms with Crippen molar-refractivity contribution in [2.45, 2.75) is 69.7 Å². The van der Waals surface area contributed by atoms with Gasteiger partial charge in [0.15, 0.2) is 17.1 Å². The van der Waals surface area contributed by atoms with Crippen molar-refractivity contribution in [1.82, 2.24) is 4.90 Å². The van der Waals surface area contributed by atoms with Crippen LogP contribution in [0.2, 0.25) is 0 Å². The average Bonchev–Trinajstić information content (AvgIpc) is 3.59. The molecule has 6 rings (SSSR count). The van der Waals surface area contributed by atoms with Crippen molar-refractivity contribution in [3.63, 3.8) is 0 Å². The Bertz CT molecular complexity index is 1400. The maximum atomic E-state index is 14.7. The Morgan fingerprint density at radius 3 is 2.58 bits per heavy atom. The lowest BCUT2D eigenvalue weighted by molar-refractivity contribution is -0.139. The maximum Gasteiger partial charge on any atom is 0.417 e. The van der Waals surface area contributed by atoms with E-state index in [-0.39, 0.29) is 70.7 Å². The van der Waals surface area contributed by atoms with Crippen molar-refractivity contribution < 1.29 is 37.7 Å². The highest BCUT2D eigenvalue weighted by Crippen LogP contribution is 2.66. The summed E-state index contributed by atoms with van der Waals surface area (Å²) in [6.45, 7) is 4.60. The highest BCUT2D eigenvalue weighted by molar-refractivity contribution is 6.14. The molecule has 4 N–H and O–H groups in total. The van der Waals surface area contributed by atoms with Gasteiger partial charge in [0.1, 0.15) is 11.5 Å². The molecule has 10 heteroatoms. The summed E-state index contributed by atoms with van der Waals surface area (Å²) in [5.41, 5.74) is 3.06. The molecule has 3 atom stereocenters. The minimum atomic E-state index is -4.73. The molecule has 0 bridgehead atoms. The molecule has 214 valence electrons. The topological polar surface area (TPSA) is 116 Å². The first-order valence-electron chi connectivity index (χ1n) is 13.9. The van der Waals surface area contributed by atoms with E-state index in [1.54, 1.807) is 7.05 Å². The minimum Gasteiger partial charge on any atom is -0.511 e. The van der Waals surface area contributed by atoms with Crippen LogP contribution in [0.4, 0.5) is 13.2 Å². The first-order chi connectivity index (χ1) is 18.8. The zero-order valence-electron chi connectivity index (χ0n) is 22.4. The molecule has 40 heavy (non-hydrogen) atoms. The van der Waals surface area contributed by atoms with Gasteiger partial charge in [-0.15, -0.1) is 0 Å². The molecule has 0 aromatic heterocycles. The van der Waals surface area contributed by atoms with E-state index >= 15 is 0 Å². The SMILES string of the molecule is C=C1C(C(N)=O)=C(O)C[C@@H]2CC3Cc4c(c(O)cc(CN(C)CC5CCCCC5)c4C(F)(F)F)C(=O)C3=C3O[C@]132. The molecule has 0 radical (unpaired) electrons. The van der Waals surface area contributed by atoms with Gasteiger partial charge in [-0.25, -0.2) is 0 Å². The number of ketones is 1. The van der Waals surface area contributed by atoms with Crippen molar-refractivity contribution in [2.24, 2.45) is 23.5 Å². The third-order valence-corrected chi connectivity index (χ3v) is 9.51. The second-order valence-electron chi connectivity index (χ2n) is 12.1. The van der Waals surface area contributed by atoms with Crippen molar-refractivity contribution in [3.05, 3.63) is 63.1 Å². The molecule has 5 aliphatic rings. The second-order valence-corrected chi connectivity index (χ2v) is 12.1. The fraction of sp³-hybridized carbons (Fsp3) is 0.533. The number of aliphatic hydroxyl groups is 1. The van der Waals surface area contributed by atoms with Crippen LogP contribution >= 0.6 is 0 Å². The lowest BCUT2D eigenvalue weighted by atomic mass is 9.62. The van der Waals surface area contributed by atoms with Crippen LogP contribution in [0.25, 0.3) is 0 Å². The maximum absolute atomic E-state index is 14.7. The predicted octanol–water partition coefficient (Wildman–Crippen LogP) is 5.08. The molecule has 1 spiro atoms. The van der Waals surface area contributed by atoms with Crippen molar-refractivity contribution in [3.8, 4) is 5.75 Å². The number of allylic oxidation sites excluding steroid dienone is 2. The Morgan fingerprint density at radius 2 is 1.93 bits per heavy atom. The standard InChI is InChI=1S/C30H33F3N2O5/c1-14-22(28(34)39)21(37)11-18-8-16-9-19-24(26(38)23(16)27-29(14,18)40-27)20(36)10-17(25(19)30(31,32)33)13-35(2)12-15-6-4-3-5-7-15/h10,15-16,18,36-37H,1,3-9,11-13H2,2H3,(H2,34,39)/t16?,18-,29-/m0/s1. The number of hydrogen-bond acceptors (Lipinski definition) is 6. The minimum absolute atomic E-state index is 0.00220. The number of nitrogens with two attached hydrogens (primary N) is 1. The molecule has 1 heterocycles. The number of benzene rings is 1. The van der Waals surface area contributed by atoms with E-state index in [9.17, 15) is 33.0 Å². The lowest BCUT2D eigenvalue weighted by Crippen LogP contribution is -2.41. The summed E-state index contributed by atoms with van der Waals surface area (Å²) in [5, 5.41) is 21.5. The molecular weight excluding hydrogens is 525 g/mol. The quantitative estimate of drug-likeness (QED) is 0.434. The van der Waals surface area contributed by atoms with E-state index in [1.807, 2.05) is 4.90 Å². The Morgan fingerprint density at radius 1 is 1.23 bits per heavy atom. The summed E-state index contributed by atoms with van der Waals surface area (Å²) in [6.07, 6.45) is 1.03. The van der Waals surface area contributed by atoms with Crippen LogP contribution in [0.15, 0.2) is 40.9 Å². The number of carbonyl (C=O) groups is 2. The normalized spacial score (nSPS) is 28.1. The first kappa shape index (κ1) is 26.9. The zero-order valence-corrected chi connectivity index (χ0v) is 22.4. The number of fused-ring (bicyclic) bond motifs is 2. The smallest absolute Gasteiger partial charge is 0.417 e. The summed E-state index contributed by atoms with van der Waals surface area (Å²) in [7, 11) is 1.79. The Balaban J connectivity index is 1.39. The molecule has 1 unspecified atom stereocenters. The third-order valence-electron chi connectivity index (χ3n) is 9.51. The molecule has 1 amide bonds. The molecule has 7 nitrogen and oxygen atoms in total. The van der Waals surface area contributed by atoms with Gasteiger partial charge < -0.3 is 25.6 Å². The largest absolute Gasteiger partial charge is 0.511 e. The van der Waals surface area contributed by atoms with Gasteiger partial charge in [0, 0.05) is 36.6 Å². The summed E-state index contributed by atoms with van der Waals surface area (Å²) in [4.78, 5) is 27.6. The number of phenolic OH excluding ortho intramolecular Hbond substituents is 1. The molecular formula is C30H33F3N2O5. The lowest BCUT2D eigenvalue weighted by Gasteiger charge is -2.38. The van der Waals surface area contributed by atoms with E-state index in [1.165, 1.54) is 6.42 Å². The number of aromatic hydroxyl groups is 1. The van der Waals surface area contributed by atoms with E-state index in [0.717, 1.165) is 31.7 Å². The number of alkyl halides is 3. The number of rotatable bonds is 5. The number of nitrogens with zero attached hydrogens (tertiary/aromatic N) is 1. The van der Waals surface area contributed by atoms with E-state index in [0.29, 0.717) is 12.5 Å². The Kier molecular flexibility index (Phi) is 6.14. The first-order valence-corrected chi connectivity index (χ1v) is 13.9. The molecule has 1 aromatic rings. The van der Waals surface area contributed by atoms with Crippen molar-refractivity contribution in [2.75, 3.05) is 13.6 Å². The van der Waals surface area contributed by atoms with Gasteiger partial charge in [-0.2, -0.15) is 13.2 Å². The molecule has 2 fully saturated rings. The van der Waals surface area contributed by atoms with E-state index < -0.39 is 46.6 Å². The summed E-state index contributed by atoms with van der Waals surface area (Å²) < 4.78 is 49.9. The number of amides is 1. The van der Waals surface area contributed by atoms with Crippen LogP contribution in [-0.2, 0) is 28.7 Å². The third kappa shape index (κ3) is 3.97. The molecule has 1 saturated heterocycles. The van der Waals surface area contributed by atoms with Gasteiger partial charge in [-0.3, -0.25) is 9.59 Å². The van der Waals surface area contributed by atoms with Crippen LogP contribution in [0, 0.1) is 17.8 Å². The molecule has 1 saturated carbocycles. The molecule has 4 aliphatic carbocycles. The zero-order chi connectivity index (χ0) is 28.7. The fourth-order valence-electron chi connectivity index (χ4n) is 7.87. The van der Waals surface area contributed by atoms with Gasteiger partial charge in [0.05, 0.1) is 16.7 Å². The van der Waals surface area contributed by atoms with Gasteiger partial charge in [-0.05, 0) is 61.8 Å². The second kappa shape index (κ2) is 9.12. The van der Waals surface area contributed by atoms with Crippen LogP contribution in [0.5, 0.6) is 5.75 Å². The number of phenols is 1. The summed E-state index contributed by atoms with van der Waals surface area (Å²) in [6, 6.07) is 1.09. The van der Waals surface area contributed by atoms with Gasteiger partial charge in [-0.1, -0.05) is 25.8 Å². The van der Waals surface area contributed by atoms with Gasteiger partial charge in [0.25, 0.3) is 5.91 Å². The van der Waals surface area contributed by atoms with Gasteiger partial charge in [0.2, 0.25) is 0 Å². The van der Waals surface area contributed by atoms with Crippen LogP contribution in [-0.4, -0.2) is 46.0 Å². The number of primary amides is 1. The number of aliphatic hydroxyl groups excluding tert-OH is 1. The van der Waals surface area contributed by atoms with E-state index in [2.05, 4.69) is 6.58 Å². The summed E-state index contributed by atoms with van der Waals surface area (Å²) >= 11 is 0. The van der Waals surface area contributed by atoms with Crippen LogP contribution in [0.3, 0.4) is 0 Å². The number of epoxide rings is 1.